The minimum absolute atomic E-state index is 0.127. The number of carbonyl (C=O) groups is 2. The van der Waals surface area contributed by atoms with Gasteiger partial charge in [0, 0.05) is 12.7 Å². The number of rotatable bonds is 7. The van der Waals surface area contributed by atoms with Crippen LogP contribution in [0, 0.1) is 10.1 Å². The van der Waals surface area contributed by atoms with E-state index >= 15 is 0 Å². The Labute approximate surface area is 131 Å². The number of carboxylic acids is 1. The second-order valence-electron chi connectivity index (χ2n) is 5.24. The Morgan fingerprint density at radius 3 is 2.87 bits per heavy atom. The summed E-state index contributed by atoms with van der Waals surface area (Å²) >= 11 is 0. The number of nitro groups is 1. The summed E-state index contributed by atoms with van der Waals surface area (Å²) in [7, 11) is 0. The summed E-state index contributed by atoms with van der Waals surface area (Å²) in [6, 6.07) is 5.46. The van der Waals surface area contributed by atoms with Gasteiger partial charge in [-0.2, -0.15) is 0 Å². The van der Waals surface area contributed by atoms with E-state index in [1.807, 2.05) is 0 Å². The average molecular weight is 324 g/mol. The van der Waals surface area contributed by atoms with Crippen molar-refractivity contribution in [3.05, 3.63) is 34.4 Å². The summed E-state index contributed by atoms with van der Waals surface area (Å²) in [5, 5.41) is 22.2. The number of amides is 1. The second-order valence-corrected chi connectivity index (χ2v) is 5.24. The number of carboxylic acid groups (broad SMARTS) is 1. The van der Waals surface area contributed by atoms with E-state index in [9.17, 15) is 19.7 Å². The van der Waals surface area contributed by atoms with Crippen molar-refractivity contribution >= 4 is 17.6 Å². The lowest BCUT2D eigenvalue weighted by Crippen LogP contribution is -2.51. The van der Waals surface area contributed by atoms with Crippen molar-refractivity contribution in [3.63, 3.8) is 0 Å². The monoisotopic (exact) mass is 324 g/mol. The number of carbonyl (C=O) groups excluding carboxylic acids is 1. The number of hydrogen-bond donors (Lipinski definition) is 2. The largest absolute Gasteiger partial charge is 0.484 e. The van der Waals surface area contributed by atoms with Crippen LogP contribution in [0.3, 0.4) is 0 Å². The Kier molecular flexibility index (Phi) is 5.12. The molecule has 1 aromatic carbocycles. The van der Waals surface area contributed by atoms with Crippen molar-refractivity contribution in [2.24, 2.45) is 0 Å². The highest BCUT2D eigenvalue weighted by Gasteiger charge is 2.38. The van der Waals surface area contributed by atoms with Gasteiger partial charge in [0.15, 0.2) is 6.61 Å². The van der Waals surface area contributed by atoms with Crippen molar-refractivity contribution in [3.8, 4) is 5.75 Å². The molecule has 0 radical (unpaired) electrons. The van der Waals surface area contributed by atoms with E-state index in [4.69, 9.17) is 14.6 Å². The van der Waals surface area contributed by atoms with Crippen LogP contribution in [0.4, 0.5) is 5.69 Å². The van der Waals surface area contributed by atoms with E-state index in [1.54, 1.807) is 0 Å². The van der Waals surface area contributed by atoms with Gasteiger partial charge in [0.05, 0.1) is 29.6 Å². The molecule has 0 saturated carbocycles. The molecule has 23 heavy (non-hydrogen) atoms. The highest BCUT2D eigenvalue weighted by Crippen LogP contribution is 2.23. The summed E-state index contributed by atoms with van der Waals surface area (Å²) < 4.78 is 10.4. The first-order valence-electron chi connectivity index (χ1n) is 6.88. The molecule has 1 saturated heterocycles. The fraction of sp³-hybridized carbons (Fsp3) is 0.429. The second kappa shape index (κ2) is 7.05. The molecule has 9 heteroatoms. The highest BCUT2D eigenvalue weighted by molar-refractivity contribution is 5.79. The van der Waals surface area contributed by atoms with Gasteiger partial charge in [0.25, 0.3) is 11.6 Å². The molecule has 2 N–H and O–H groups in total. The molecule has 124 valence electrons. The van der Waals surface area contributed by atoms with Gasteiger partial charge < -0.3 is 19.9 Å². The van der Waals surface area contributed by atoms with E-state index in [0.717, 1.165) is 0 Å². The molecule has 1 fully saturated rings. The van der Waals surface area contributed by atoms with Gasteiger partial charge in [0.2, 0.25) is 0 Å². The van der Waals surface area contributed by atoms with Gasteiger partial charge in [-0.1, -0.05) is 6.07 Å². The molecule has 9 nitrogen and oxygen atoms in total. The van der Waals surface area contributed by atoms with Gasteiger partial charge in [-0.05, 0) is 12.5 Å². The molecule has 0 bridgehead atoms. The fourth-order valence-electron chi connectivity index (χ4n) is 2.35. The standard InChI is InChI=1S/C14H16N2O7/c17-12(15-14(7-13(18)19)4-5-22-9-14)8-23-11-3-1-2-10(6-11)16(20)21/h1-3,6H,4-5,7-9H2,(H,15,17)(H,18,19). The summed E-state index contributed by atoms with van der Waals surface area (Å²) in [5.74, 6) is -1.36. The topological polar surface area (TPSA) is 128 Å². The van der Waals surface area contributed by atoms with E-state index < -0.39 is 22.3 Å². The number of nitro benzene ring substituents is 1. The fourth-order valence-corrected chi connectivity index (χ4v) is 2.35. The maximum Gasteiger partial charge on any atom is 0.305 e. The summed E-state index contributed by atoms with van der Waals surface area (Å²) in [4.78, 5) is 33.0. The van der Waals surface area contributed by atoms with E-state index in [2.05, 4.69) is 5.32 Å². The third kappa shape index (κ3) is 4.65. The van der Waals surface area contributed by atoms with Crippen LogP contribution in [0.25, 0.3) is 0 Å². The Bertz CT molecular complexity index is 611. The Balaban J connectivity index is 1.92. The maximum absolute atomic E-state index is 12.0. The zero-order valence-corrected chi connectivity index (χ0v) is 12.2. The Hall–Kier alpha value is -2.68. The smallest absolute Gasteiger partial charge is 0.305 e. The van der Waals surface area contributed by atoms with Crippen LogP contribution < -0.4 is 10.1 Å². The number of nitrogens with zero attached hydrogens (tertiary/aromatic N) is 1. The van der Waals surface area contributed by atoms with Crippen LogP contribution in [0.2, 0.25) is 0 Å². The molecule has 1 atom stereocenters. The van der Waals surface area contributed by atoms with E-state index in [-0.39, 0.29) is 31.1 Å². The molecule has 0 spiro atoms. The number of hydrogen-bond acceptors (Lipinski definition) is 6. The molecular weight excluding hydrogens is 308 g/mol. The number of ether oxygens (including phenoxy) is 2. The molecule has 1 aliphatic rings. The summed E-state index contributed by atoms with van der Waals surface area (Å²) in [6.07, 6.45) is 0.164. The van der Waals surface area contributed by atoms with Crippen LogP contribution in [0.15, 0.2) is 24.3 Å². The van der Waals surface area contributed by atoms with Gasteiger partial charge in [0.1, 0.15) is 5.75 Å². The zero-order chi connectivity index (χ0) is 16.9. The predicted octanol–water partition coefficient (Wildman–Crippen LogP) is 0.724. The Morgan fingerprint density at radius 1 is 1.48 bits per heavy atom. The molecule has 1 amide bonds. The van der Waals surface area contributed by atoms with E-state index in [0.29, 0.717) is 13.0 Å². The van der Waals surface area contributed by atoms with Gasteiger partial charge in [-0.3, -0.25) is 19.7 Å². The van der Waals surface area contributed by atoms with Crippen LogP contribution in [-0.4, -0.2) is 47.3 Å². The van der Waals surface area contributed by atoms with E-state index in [1.165, 1.54) is 24.3 Å². The third-order valence-corrected chi connectivity index (χ3v) is 3.40. The highest BCUT2D eigenvalue weighted by atomic mass is 16.6. The Morgan fingerprint density at radius 2 is 2.26 bits per heavy atom. The molecule has 1 unspecified atom stereocenters. The van der Waals surface area contributed by atoms with Gasteiger partial charge in [-0.15, -0.1) is 0 Å². The zero-order valence-electron chi connectivity index (χ0n) is 12.2. The van der Waals surface area contributed by atoms with Gasteiger partial charge in [-0.25, -0.2) is 0 Å². The SMILES string of the molecule is O=C(O)CC1(NC(=O)COc2cccc([N+](=O)[O-])c2)CCOC1. The molecular formula is C14H16N2O7. The van der Waals surface area contributed by atoms with Crippen molar-refractivity contribution in [1.82, 2.24) is 5.32 Å². The molecule has 1 aliphatic heterocycles. The van der Waals surface area contributed by atoms with Crippen molar-refractivity contribution < 1.29 is 29.1 Å². The lowest BCUT2D eigenvalue weighted by molar-refractivity contribution is -0.384. The predicted molar refractivity (Wildman–Crippen MR) is 77.2 cm³/mol. The van der Waals surface area contributed by atoms with Crippen LogP contribution in [0.1, 0.15) is 12.8 Å². The summed E-state index contributed by atoms with van der Waals surface area (Å²) in [6.45, 7) is 0.129. The first-order chi connectivity index (χ1) is 10.9. The average Bonchev–Trinajstić information content (AvgIpc) is 2.92. The first kappa shape index (κ1) is 16.7. The third-order valence-electron chi connectivity index (χ3n) is 3.40. The minimum atomic E-state index is -1.03. The number of benzene rings is 1. The summed E-state index contributed by atoms with van der Waals surface area (Å²) in [5.41, 5.74) is -1.08. The lowest BCUT2D eigenvalue weighted by atomic mass is 9.94. The molecule has 1 aromatic rings. The maximum atomic E-state index is 12.0. The molecule has 0 aliphatic carbocycles. The first-order valence-corrected chi connectivity index (χ1v) is 6.88. The quantitative estimate of drug-likeness (QED) is 0.558. The van der Waals surface area contributed by atoms with Crippen LogP contribution >= 0.6 is 0 Å². The molecule has 2 rings (SSSR count). The lowest BCUT2D eigenvalue weighted by Gasteiger charge is -2.26. The number of aliphatic carboxylic acids is 1. The van der Waals surface area contributed by atoms with Gasteiger partial charge >= 0.3 is 5.97 Å². The number of non-ortho nitro benzene ring substituents is 1. The van der Waals surface area contributed by atoms with Crippen LogP contribution in [-0.2, 0) is 14.3 Å². The molecule has 1 heterocycles. The minimum Gasteiger partial charge on any atom is -0.484 e. The number of nitrogens with one attached hydrogen (secondary N) is 1. The normalized spacial score (nSPS) is 20.0. The van der Waals surface area contributed by atoms with Crippen molar-refractivity contribution in [2.75, 3.05) is 19.8 Å². The van der Waals surface area contributed by atoms with Crippen molar-refractivity contribution in [1.29, 1.82) is 0 Å². The van der Waals surface area contributed by atoms with Crippen molar-refractivity contribution in [2.45, 2.75) is 18.4 Å². The van der Waals surface area contributed by atoms with Crippen LogP contribution in [0.5, 0.6) is 5.75 Å². The molecule has 0 aromatic heterocycles.